The number of nitrogens with one attached hydrogen (secondary N) is 2. The van der Waals surface area contributed by atoms with Crippen molar-refractivity contribution in [3.63, 3.8) is 0 Å². The summed E-state index contributed by atoms with van der Waals surface area (Å²) in [7, 11) is 0. The maximum atomic E-state index is 11.6. The predicted octanol–water partition coefficient (Wildman–Crippen LogP) is -0.898. The number of hydrogen-bond donors (Lipinski definition) is 3. The highest BCUT2D eigenvalue weighted by Crippen LogP contribution is 2.38. The largest absolute Gasteiger partial charge is 0.481 e. The molecule has 0 radical (unpaired) electrons. The summed E-state index contributed by atoms with van der Waals surface area (Å²) in [5, 5.41) is 13.9. The molecule has 3 atom stereocenters. The molecule has 1 saturated carbocycles. The summed E-state index contributed by atoms with van der Waals surface area (Å²) in [6.45, 7) is 0.645. The van der Waals surface area contributed by atoms with Crippen LogP contribution in [0.25, 0.3) is 0 Å². The average molecular weight is 226 g/mol. The van der Waals surface area contributed by atoms with Crippen LogP contribution in [-0.4, -0.2) is 35.5 Å². The Morgan fingerprint density at radius 2 is 2.12 bits per heavy atom. The molecular weight excluding hydrogens is 212 g/mol. The lowest BCUT2D eigenvalue weighted by Gasteiger charge is -2.22. The molecule has 0 aromatic carbocycles. The Balaban J connectivity index is 1.84. The molecule has 2 rings (SSSR count). The molecule has 0 bridgehead atoms. The second-order valence-electron chi connectivity index (χ2n) is 4.28. The van der Waals surface area contributed by atoms with Crippen molar-refractivity contribution < 1.29 is 19.5 Å². The van der Waals surface area contributed by atoms with E-state index in [4.69, 9.17) is 5.11 Å². The molecule has 1 heterocycles. The summed E-state index contributed by atoms with van der Waals surface area (Å²) < 4.78 is 0. The first-order chi connectivity index (χ1) is 7.59. The summed E-state index contributed by atoms with van der Waals surface area (Å²) in [6.07, 6.45) is 1.85. The lowest BCUT2D eigenvalue weighted by Crippen LogP contribution is -2.50. The van der Waals surface area contributed by atoms with Crippen molar-refractivity contribution >= 4 is 17.8 Å². The SMILES string of the molecule is O=C1NCCCC1NC(=O)C1CC1C(=O)O. The van der Waals surface area contributed by atoms with Gasteiger partial charge in [0.2, 0.25) is 11.8 Å². The molecule has 1 saturated heterocycles. The standard InChI is InChI=1S/C10H14N2O4/c13-8(5-4-6(5)10(15)16)12-7-2-1-3-11-9(7)14/h5-7H,1-4H2,(H,11,14)(H,12,13)(H,15,16). The third-order valence-electron chi connectivity index (χ3n) is 3.05. The van der Waals surface area contributed by atoms with Gasteiger partial charge in [-0.1, -0.05) is 0 Å². The van der Waals surface area contributed by atoms with E-state index < -0.39 is 23.8 Å². The minimum absolute atomic E-state index is 0.174. The Hall–Kier alpha value is -1.59. The maximum Gasteiger partial charge on any atom is 0.307 e. The van der Waals surface area contributed by atoms with E-state index >= 15 is 0 Å². The van der Waals surface area contributed by atoms with E-state index in [1.54, 1.807) is 0 Å². The molecule has 0 spiro atoms. The first-order valence-electron chi connectivity index (χ1n) is 5.40. The molecule has 6 heteroatoms. The number of carboxylic acid groups (broad SMARTS) is 1. The molecule has 6 nitrogen and oxygen atoms in total. The third-order valence-corrected chi connectivity index (χ3v) is 3.05. The van der Waals surface area contributed by atoms with Gasteiger partial charge in [-0.15, -0.1) is 0 Å². The number of hydrogen-bond acceptors (Lipinski definition) is 3. The molecule has 2 amide bonds. The van der Waals surface area contributed by atoms with E-state index in [0.29, 0.717) is 19.4 Å². The van der Waals surface area contributed by atoms with Crippen LogP contribution in [0.2, 0.25) is 0 Å². The van der Waals surface area contributed by atoms with Gasteiger partial charge in [-0.05, 0) is 19.3 Å². The second kappa shape index (κ2) is 4.11. The highest BCUT2D eigenvalue weighted by atomic mass is 16.4. The van der Waals surface area contributed by atoms with Gasteiger partial charge in [0.05, 0.1) is 11.8 Å². The predicted molar refractivity (Wildman–Crippen MR) is 53.4 cm³/mol. The highest BCUT2D eigenvalue weighted by Gasteiger charge is 2.48. The zero-order valence-electron chi connectivity index (χ0n) is 8.73. The van der Waals surface area contributed by atoms with Gasteiger partial charge in [-0.3, -0.25) is 14.4 Å². The highest BCUT2D eigenvalue weighted by molar-refractivity contribution is 5.93. The number of aliphatic carboxylic acids is 1. The number of piperidine rings is 1. The molecule has 16 heavy (non-hydrogen) atoms. The van der Waals surface area contributed by atoms with Crippen LogP contribution in [-0.2, 0) is 14.4 Å². The van der Waals surface area contributed by atoms with Gasteiger partial charge in [-0.2, -0.15) is 0 Å². The molecule has 1 aliphatic heterocycles. The summed E-state index contributed by atoms with van der Waals surface area (Å²) in [4.78, 5) is 33.5. The summed E-state index contributed by atoms with van der Waals surface area (Å²) in [5.41, 5.74) is 0. The molecule has 3 unspecified atom stereocenters. The molecule has 88 valence electrons. The van der Waals surface area contributed by atoms with Crippen LogP contribution in [0.5, 0.6) is 0 Å². The molecule has 0 aromatic rings. The third kappa shape index (κ3) is 2.15. The van der Waals surface area contributed by atoms with Gasteiger partial charge in [0.1, 0.15) is 6.04 Å². The monoisotopic (exact) mass is 226 g/mol. The Morgan fingerprint density at radius 1 is 1.38 bits per heavy atom. The van der Waals surface area contributed by atoms with Crippen molar-refractivity contribution in [3.05, 3.63) is 0 Å². The molecule has 1 aliphatic carbocycles. The molecule has 0 aromatic heterocycles. The van der Waals surface area contributed by atoms with Gasteiger partial charge in [0.25, 0.3) is 0 Å². The van der Waals surface area contributed by atoms with Crippen LogP contribution in [0.15, 0.2) is 0 Å². The summed E-state index contributed by atoms with van der Waals surface area (Å²) >= 11 is 0. The number of carbonyl (C=O) groups is 3. The van der Waals surface area contributed by atoms with E-state index in [2.05, 4.69) is 10.6 Å². The van der Waals surface area contributed by atoms with Gasteiger partial charge in [-0.25, -0.2) is 0 Å². The molecule has 3 N–H and O–H groups in total. The van der Waals surface area contributed by atoms with Crippen LogP contribution in [0.4, 0.5) is 0 Å². The van der Waals surface area contributed by atoms with Crippen molar-refractivity contribution in [2.24, 2.45) is 11.8 Å². The van der Waals surface area contributed by atoms with Crippen molar-refractivity contribution in [1.82, 2.24) is 10.6 Å². The fourth-order valence-corrected chi connectivity index (χ4v) is 1.95. The van der Waals surface area contributed by atoms with Crippen LogP contribution in [0, 0.1) is 11.8 Å². The van der Waals surface area contributed by atoms with Crippen molar-refractivity contribution in [2.75, 3.05) is 6.54 Å². The quantitative estimate of drug-likeness (QED) is 0.581. The van der Waals surface area contributed by atoms with Gasteiger partial charge in [0.15, 0.2) is 0 Å². The smallest absolute Gasteiger partial charge is 0.307 e. The maximum absolute atomic E-state index is 11.6. The van der Waals surface area contributed by atoms with Crippen LogP contribution in [0.1, 0.15) is 19.3 Å². The Labute approximate surface area is 92.4 Å². The minimum atomic E-state index is -0.937. The van der Waals surface area contributed by atoms with Crippen molar-refractivity contribution in [3.8, 4) is 0 Å². The normalized spacial score (nSPS) is 32.8. The Morgan fingerprint density at radius 3 is 2.69 bits per heavy atom. The minimum Gasteiger partial charge on any atom is -0.481 e. The molecule has 2 aliphatic rings. The van der Waals surface area contributed by atoms with E-state index in [1.807, 2.05) is 0 Å². The lowest BCUT2D eigenvalue weighted by molar-refractivity contribution is -0.140. The number of rotatable bonds is 3. The Bertz CT molecular complexity index is 342. The van der Waals surface area contributed by atoms with E-state index in [0.717, 1.165) is 6.42 Å². The molecule has 2 fully saturated rings. The zero-order valence-corrected chi connectivity index (χ0v) is 8.73. The van der Waals surface area contributed by atoms with Gasteiger partial charge in [0, 0.05) is 6.54 Å². The fourth-order valence-electron chi connectivity index (χ4n) is 1.95. The van der Waals surface area contributed by atoms with E-state index in [9.17, 15) is 14.4 Å². The van der Waals surface area contributed by atoms with Gasteiger partial charge < -0.3 is 15.7 Å². The first-order valence-corrected chi connectivity index (χ1v) is 5.40. The summed E-state index contributed by atoms with van der Waals surface area (Å²) in [6, 6.07) is -0.490. The summed E-state index contributed by atoms with van der Waals surface area (Å²) in [5.74, 6) is -2.44. The van der Waals surface area contributed by atoms with Crippen LogP contribution < -0.4 is 10.6 Å². The zero-order chi connectivity index (χ0) is 11.7. The van der Waals surface area contributed by atoms with Crippen LogP contribution in [0.3, 0.4) is 0 Å². The number of amides is 2. The van der Waals surface area contributed by atoms with Crippen molar-refractivity contribution in [2.45, 2.75) is 25.3 Å². The topological polar surface area (TPSA) is 95.5 Å². The average Bonchev–Trinajstić information content (AvgIpc) is 3.01. The first kappa shape index (κ1) is 10.9. The lowest BCUT2D eigenvalue weighted by atomic mass is 10.1. The van der Waals surface area contributed by atoms with Crippen LogP contribution >= 0.6 is 0 Å². The Kier molecular flexibility index (Phi) is 2.80. The van der Waals surface area contributed by atoms with Crippen molar-refractivity contribution in [1.29, 1.82) is 0 Å². The number of carboxylic acids is 1. The van der Waals surface area contributed by atoms with Gasteiger partial charge >= 0.3 is 5.97 Å². The second-order valence-corrected chi connectivity index (χ2v) is 4.28. The van der Waals surface area contributed by atoms with E-state index in [-0.39, 0.29) is 11.8 Å². The molecular formula is C10H14N2O4. The number of carbonyl (C=O) groups excluding carboxylic acids is 2. The van der Waals surface area contributed by atoms with E-state index in [1.165, 1.54) is 0 Å². The fraction of sp³-hybridized carbons (Fsp3) is 0.700.